The van der Waals surface area contributed by atoms with Gasteiger partial charge in [-0.2, -0.15) is 5.10 Å². The maximum Gasteiger partial charge on any atom is 0.265 e. The maximum absolute atomic E-state index is 13.5. The zero-order chi connectivity index (χ0) is 21.7. The van der Waals surface area contributed by atoms with Crippen LogP contribution in [-0.2, 0) is 11.2 Å². The lowest BCUT2D eigenvalue weighted by molar-refractivity contribution is -0.123. The van der Waals surface area contributed by atoms with Crippen LogP contribution in [0.4, 0.5) is 17.6 Å². The molecule has 3 N–H and O–H groups in total. The van der Waals surface area contributed by atoms with Crippen molar-refractivity contribution in [2.75, 3.05) is 0 Å². The molecule has 0 aromatic carbocycles. The van der Waals surface area contributed by atoms with Crippen molar-refractivity contribution in [3.05, 3.63) is 29.7 Å². The molecule has 1 saturated carbocycles. The molecule has 2 aliphatic rings. The Hall–Kier alpha value is -2.23. The molecule has 0 radical (unpaired) electrons. The van der Waals surface area contributed by atoms with Gasteiger partial charge in [-0.05, 0) is 37.3 Å². The molecular weight excluding hydrogens is 402 g/mol. The summed E-state index contributed by atoms with van der Waals surface area (Å²) in [4.78, 5) is 16.5. The summed E-state index contributed by atoms with van der Waals surface area (Å²) in [6.45, 7) is 0.800. The molecule has 3 atom stereocenters. The molecule has 0 bridgehead atoms. The molecule has 4 rings (SSSR count). The molecule has 3 heterocycles. The van der Waals surface area contributed by atoms with Crippen molar-refractivity contribution < 1.29 is 22.4 Å². The minimum Gasteiger partial charge on any atom is -0.347 e. The van der Waals surface area contributed by atoms with Gasteiger partial charge in [0.15, 0.2) is 5.65 Å². The Morgan fingerprint density at radius 3 is 2.67 bits per heavy atom. The Morgan fingerprint density at radius 2 is 2.03 bits per heavy atom. The number of hydrogen-bond acceptors (Lipinski definition) is 4. The van der Waals surface area contributed by atoms with Gasteiger partial charge in [0.1, 0.15) is 0 Å². The minimum absolute atomic E-state index is 0.0500. The molecule has 2 aromatic rings. The largest absolute Gasteiger partial charge is 0.347 e. The highest BCUT2D eigenvalue weighted by Crippen LogP contribution is 2.40. The summed E-state index contributed by atoms with van der Waals surface area (Å²) in [7, 11) is 0. The second-order valence-electron chi connectivity index (χ2n) is 8.67. The third-order valence-electron chi connectivity index (χ3n) is 6.28. The first kappa shape index (κ1) is 21.0. The van der Waals surface area contributed by atoms with E-state index in [1.165, 1.54) is 0 Å². The molecule has 3 unspecified atom stereocenters. The fraction of sp³-hybridized carbons (Fsp3) is 0.650. The molecular formula is C20H25F4N5O. The second kappa shape index (κ2) is 7.47. The van der Waals surface area contributed by atoms with Gasteiger partial charge in [-0.25, -0.2) is 27.1 Å². The number of alkyl halides is 4. The molecule has 1 aliphatic heterocycles. The predicted molar refractivity (Wildman–Crippen MR) is 101 cm³/mol. The first-order valence-corrected chi connectivity index (χ1v) is 10.2. The Bertz CT molecular complexity index is 931. The molecule has 1 amide bonds. The van der Waals surface area contributed by atoms with Crippen LogP contribution in [-0.4, -0.2) is 38.4 Å². The SMILES string of the molecule is CC(F)(F)C1CC(Cc2ccc3nc(C(N)C4CCC(F)(F)CC4)cn3n2)C(=O)N1. The molecule has 164 valence electrons. The number of fused-ring (bicyclic) bond motifs is 1. The van der Waals surface area contributed by atoms with Crippen molar-refractivity contribution in [1.29, 1.82) is 0 Å². The zero-order valence-corrected chi connectivity index (χ0v) is 16.6. The number of aromatic nitrogens is 3. The fourth-order valence-corrected chi connectivity index (χ4v) is 4.37. The van der Waals surface area contributed by atoms with E-state index in [9.17, 15) is 22.4 Å². The van der Waals surface area contributed by atoms with Gasteiger partial charge in [0.2, 0.25) is 11.8 Å². The Labute approximate surface area is 171 Å². The Kier molecular flexibility index (Phi) is 5.24. The van der Waals surface area contributed by atoms with Crippen LogP contribution in [0.1, 0.15) is 56.5 Å². The van der Waals surface area contributed by atoms with Crippen molar-refractivity contribution in [3.63, 3.8) is 0 Å². The summed E-state index contributed by atoms with van der Waals surface area (Å²) in [6.07, 6.45) is 2.33. The lowest BCUT2D eigenvalue weighted by atomic mass is 9.81. The number of halogens is 4. The van der Waals surface area contributed by atoms with Crippen LogP contribution in [0.5, 0.6) is 0 Å². The van der Waals surface area contributed by atoms with E-state index in [2.05, 4.69) is 15.4 Å². The summed E-state index contributed by atoms with van der Waals surface area (Å²) in [5, 5.41) is 6.80. The summed E-state index contributed by atoms with van der Waals surface area (Å²) < 4.78 is 55.3. The zero-order valence-electron chi connectivity index (χ0n) is 16.6. The second-order valence-corrected chi connectivity index (χ2v) is 8.67. The van der Waals surface area contributed by atoms with Crippen molar-refractivity contribution in [2.45, 2.75) is 69.4 Å². The highest BCUT2D eigenvalue weighted by molar-refractivity contribution is 5.81. The van der Waals surface area contributed by atoms with Crippen LogP contribution in [0.15, 0.2) is 18.3 Å². The number of hydrogen-bond donors (Lipinski definition) is 2. The molecule has 10 heteroatoms. The molecule has 2 fully saturated rings. The van der Waals surface area contributed by atoms with E-state index in [4.69, 9.17) is 5.73 Å². The molecule has 0 spiro atoms. The first-order chi connectivity index (χ1) is 14.0. The molecule has 6 nitrogen and oxygen atoms in total. The molecule has 30 heavy (non-hydrogen) atoms. The number of rotatable bonds is 5. The minimum atomic E-state index is -2.97. The molecule has 1 saturated heterocycles. The molecule has 2 aromatic heterocycles. The van der Waals surface area contributed by atoms with Crippen molar-refractivity contribution in [2.24, 2.45) is 17.6 Å². The third kappa shape index (κ3) is 4.28. The number of nitrogens with one attached hydrogen (secondary N) is 1. The highest BCUT2D eigenvalue weighted by atomic mass is 19.3. The van der Waals surface area contributed by atoms with Gasteiger partial charge in [0, 0.05) is 32.1 Å². The highest BCUT2D eigenvalue weighted by Gasteiger charge is 2.44. The topological polar surface area (TPSA) is 85.3 Å². The fourth-order valence-electron chi connectivity index (χ4n) is 4.37. The van der Waals surface area contributed by atoms with Crippen LogP contribution < -0.4 is 11.1 Å². The van der Waals surface area contributed by atoms with E-state index in [1.54, 1.807) is 22.8 Å². The smallest absolute Gasteiger partial charge is 0.265 e. The van der Waals surface area contributed by atoms with Crippen LogP contribution in [0.25, 0.3) is 5.65 Å². The van der Waals surface area contributed by atoms with E-state index in [0.29, 0.717) is 29.9 Å². The van der Waals surface area contributed by atoms with Crippen LogP contribution in [0, 0.1) is 11.8 Å². The number of imidazole rings is 1. The Morgan fingerprint density at radius 1 is 1.33 bits per heavy atom. The lowest BCUT2D eigenvalue weighted by Gasteiger charge is -2.31. The third-order valence-corrected chi connectivity index (χ3v) is 6.28. The van der Waals surface area contributed by atoms with E-state index < -0.39 is 35.8 Å². The Balaban J connectivity index is 1.46. The number of carbonyl (C=O) groups is 1. The van der Waals surface area contributed by atoms with Crippen molar-refractivity contribution >= 4 is 11.6 Å². The average molecular weight is 427 g/mol. The van der Waals surface area contributed by atoms with Crippen molar-refractivity contribution in [3.8, 4) is 0 Å². The van der Waals surface area contributed by atoms with Gasteiger partial charge in [-0.1, -0.05) is 0 Å². The monoisotopic (exact) mass is 427 g/mol. The molecule has 1 aliphatic carbocycles. The summed E-state index contributed by atoms with van der Waals surface area (Å²) in [5.41, 5.74) is 8.01. The average Bonchev–Trinajstić information content (AvgIpc) is 3.24. The van der Waals surface area contributed by atoms with Gasteiger partial charge in [-0.15, -0.1) is 0 Å². The van der Waals surface area contributed by atoms with Crippen LogP contribution in [0.3, 0.4) is 0 Å². The summed E-state index contributed by atoms with van der Waals surface area (Å²) >= 11 is 0. The maximum atomic E-state index is 13.5. The number of nitrogens with two attached hydrogens (primary N) is 1. The normalized spacial score (nSPS) is 26.1. The van der Waals surface area contributed by atoms with Gasteiger partial charge >= 0.3 is 0 Å². The number of amides is 1. The lowest BCUT2D eigenvalue weighted by Crippen LogP contribution is -2.39. The quantitative estimate of drug-likeness (QED) is 0.718. The van der Waals surface area contributed by atoms with Crippen LogP contribution in [0.2, 0.25) is 0 Å². The van der Waals surface area contributed by atoms with E-state index in [0.717, 1.165) is 6.92 Å². The van der Waals surface area contributed by atoms with Gasteiger partial charge in [-0.3, -0.25) is 4.79 Å². The van der Waals surface area contributed by atoms with Gasteiger partial charge in [0.25, 0.3) is 5.92 Å². The summed E-state index contributed by atoms with van der Waals surface area (Å²) in [6, 6.07) is 1.81. The number of carbonyl (C=O) groups excluding carboxylic acids is 1. The van der Waals surface area contributed by atoms with Crippen LogP contribution >= 0.6 is 0 Å². The van der Waals surface area contributed by atoms with Gasteiger partial charge in [0.05, 0.1) is 29.7 Å². The summed E-state index contributed by atoms with van der Waals surface area (Å²) in [5.74, 6) is -6.62. The van der Waals surface area contributed by atoms with E-state index >= 15 is 0 Å². The predicted octanol–water partition coefficient (Wildman–Crippen LogP) is 3.26. The van der Waals surface area contributed by atoms with Gasteiger partial charge < -0.3 is 11.1 Å². The number of nitrogens with zero attached hydrogens (tertiary/aromatic N) is 3. The van der Waals surface area contributed by atoms with Crippen molar-refractivity contribution in [1.82, 2.24) is 19.9 Å². The van der Waals surface area contributed by atoms with E-state index in [-0.39, 0.29) is 31.6 Å². The van der Waals surface area contributed by atoms with E-state index in [1.807, 2.05) is 0 Å². The standard InChI is InChI=1S/C20H25F4N5O/c1-19(21,22)15-9-12(18(30)27-15)8-13-2-3-16-26-14(10-29(16)28-13)17(25)11-4-6-20(23,24)7-5-11/h2-3,10-12,15,17H,4-9,25H2,1H3,(H,27,30). The first-order valence-electron chi connectivity index (χ1n) is 10.2.